The third-order valence-electron chi connectivity index (χ3n) is 15.7. The molecule has 3 fully saturated rings. The van der Waals surface area contributed by atoms with Crippen molar-refractivity contribution in [3.63, 3.8) is 0 Å². The molecule has 0 aromatic heterocycles. The van der Waals surface area contributed by atoms with Crippen LogP contribution in [0, 0.1) is 13.8 Å². The number of aliphatic imine (C=N–C) groups is 2. The van der Waals surface area contributed by atoms with Crippen molar-refractivity contribution in [2.45, 2.75) is 238 Å². The summed E-state index contributed by atoms with van der Waals surface area (Å²) in [7, 11) is 0. The molecule has 0 radical (unpaired) electrons. The van der Waals surface area contributed by atoms with Gasteiger partial charge in [-0.1, -0.05) is 304 Å². The minimum atomic E-state index is 0. The minimum Gasteiger partial charge on any atom is -1.00 e. The molecule has 11 heteroatoms. The van der Waals surface area contributed by atoms with Gasteiger partial charge in [-0.15, -0.1) is 11.4 Å². The van der Waals surface area contributed by atoms with E-state index in [-0.39, 0.29) is 100 Å². The van der Waals surface area contributed by atoms with Crippen molar-refractivity contribution in [2.24, 2.45) is 9.98 Å². The number of hydrogen-bond donors (Lipinski definition) is 0. The Morgan fingerprint density at radius 3 is 0.674 bits per heavy atom. The Hall–Kier alpha value is -3.56. The number of aryl methyl sites for hydroxylation is 2. The summed E-state index contributed by atoms with van der Waals surface area (Å²) in [4.78, 5) is 10.2. The summed E-state index contributed by atoms with van der Waals surface area (Å²) < 4.78 is 14.8. The molecule has 3 saturated heterocycles. The van der Waals surface area contributed by atoms with Crippen LogP contribution < -0.4 is 9.41 Å². The maximum atomic E-state index is 5.08. The van der Waals surface area contributed by atoms with Crippen LogP contribution in [-0.2, 0) is 14.2 Å². The molecule has 0 bridgehead atoms. The average Bonchev–Trinajstić information content (AvgIpc) is 1.14. The van der Waals surface area contributed by atoms with Gasteiger partial charge in [-0.3, -0.25) is 9.98 Å². The molecular formula is C84H122F2N4O3Sr2. The Labute approximate surface area is 652 Å². The second-order valence-electron chi connectivity index (χ2n) is 26.9. The van der Waals surface area contributed by atoms with E-state index >= 15 is 0 Å². The molecule has 9 rings (SSSR count). The quantitative estimate of drug-likeness (QED) is 0.0715. The van der Waals surface area contributed by atoms with Gasteiger partial charge in [0.2, 0.25) is 0 Å². The zero-order valence-corrected chi connectivity index (χ0v) is 70.1. The number of para-hydroxylation sites is 4. The third-order valence-corrected chi connectivity index (χ3v) is 15.7. The Morgan fingerprint density at radius 2 is 0.516 bits per heavy atom. The second kappa shape index (κ2) is 52.5. The fraction of sp³-hybridized carbons (Fsp3) is 0.500. The average molecular weight is 1450 g/mol. The molecule has 0 unspecified atom stereocenters. The molecule has 0 aliphatic carbocycles. The van der Waals surface area contributed by atoms with E-state index in [1.54, 1.807) is 0 Å². The standard InChI is InChI=1S/2C29H41N2.2C7H8.3C4H8O.2FH.2Sr/c2*1-18(2)24-13-11-14-25(19(3)4)28(24)30-22(9)17-23(10)31-29-26(20(5)6)15-12-16-27(29)21(7)8;2*1-7-5-3-2-4-6-7;3*1-2-4-5-3-1;;;;/h2*11-21H,1-10H3;2*2-6H,1H3;3*1-4H2;2*1H;;/q2*-1;;;;;;;;2*+2/p-2/b2*22-17-,31-23?;;;;;;;;;. The normalized spacial score (nSPS) is 13.6. The van der Waals surface area contributed by atoms with Crippen LogP contribution in [-0.4, -0.2) is 142 Å². The van der Waals surface area contributed by atoms with Crippen molar-refractivity contribution in [3.05, 3.63) is 223 Å². The maximum absolute atomic E-state index is 5.08. The van der Waals surface area contributed by atoms with Gasteiger partial charge >= 0.3 is 91.0 Å². The Bertz CT molecular complexity index is 2770. The molecule has 95 heavy (non-hydrogen) atoms. The van der Waals surface area contributed by atoms with Gasteiger partial charge in [-0.05, 0) is 136 Å². The van der Waals surface area contributed by atoms with Gasteiger partial charge in [-0.2, -0.15) is 11.4 Å². The number of nitrogens with zero attached hydrogens (tertiary/aromatic N) is 4. The topological polar surface area (TPSA) is 80.6 Å². The molecular weight excluding hydrogens is 1330 g/mol. The summed E-state index contributed by atoms with van der Waals surface area (Å²) >= 11 is 0. The summed E-state index contributed by atoms with van der Waals surface area (Å²) in [6, 6.07) is 46.8. The van der Waals surface area contributed by atoms with Crippen LogP contribution in [0.15, 0.2) is 167 Å². The molecule has 0 atom stereocenters. The van der Waals surface area contributed by atoms with E-state index in [0.717, 1.165) is 85.2 Å². The van der Waals surface area contributed by atoms with E-state index in [2.05, 4.69) is 262 Å². The van der Waals surface area contributed by atoms with Crippen molar-refractivity contribution in [2.75, 3.05) is 39.6 Å². The van der Waals surface area contributed by atoms with Crippen LogP contribution in [0.3, 0.4) is 0 Å². The van der Waals surface area contributed by atoms with Crippen molar-refractivity contribution in [1.82, 2.24) is 0 Å². The summed E-state index contributed by atoms with van der Waals surface area (Å²) in [6.07, 6.45) is 11.9. The fourth-order valence-electron chi connectivity index (χ4n) is 10.6. The smallest absolute Gasteiger partial charge is 1.00 e. The number of hydrogen-bond acceptors (Lipinski definition) is 5. The molecule has 6 aromatic rings. The number of halogens is 2. The third kappa shape index (κ3) is 36.4. The van der Waals surface area contributed by atoms with Gasteiger partial charge in [0.05, 0.1) is 11.4 Å². The van der Waals surface area contributed by atoms with E-state index in [1.807, 2.05) is 36.4 Å². The molecule has 0 N–H and O–H groups in total. The molecule has 7 nitrogen and oxygen atoms in total. The fourth-order valence-corrected chi connectivity index (χ4v) is 10.6. The summed E-state index contributed by atoms with van der Waals surface area (Å²) in [5.41, 5.74) is 21.6. The number of rotatable bonds is 16. The zero-order chi connectivity index (χ0) is 67.4. The van der Waals surface area contributed by atoms with Crippen molar-refractivity contribution >= 4 is 125 Å². The summed E-state index contributed by atoms with van der Waals surface area (Å²) in [5, 5.41) is 10.2. The van der Waals surface area contributed by atoms with Gasteiger partial charge in [0, 0.05) is 51.1 Å². The molecule has 0 saturated carbocycles. The van der Waals surface area contributed by atoms with Gasteiger partial charge in [0.15, 0.2) is 0 Å². The molecule has 6 aromatic carbocycles. The molecule has 3 heterocycles. The van der Waals surface area contributed by atoms with Gasteiger partial charge in [-0.25, -0.2) is 0 Å². The maximum Gasteiger partial charge on any atom is 2.00 e. The number of benzene rings is 6. The van der Waals surface area contributed by atoms with Gasteiger partial charge in [0.1, 0.15) is 0 Å². The van der Waals surface area contributed by atoms with E-state index < -0.39 is 0 Å². The Morgan fingerprint density at radius 1 is 0.316 bits per heavy atom. The first-order valence-electron chi connectivity index (χ1n) is 34.5. The Balaban J connectivity index is 0. The van der Waals surface area contributed by atoms with Crippen LogP contribution >= 0.6 is 0 Å². The first-order chi connectivity index (χ1) is 43.3. The van der Waals surface area contributed by atoms with Crippen LogP contribution in [0.5, 0.6) is 0 Å². The summed E-state index contributed by atoms with van der Waals surface area (Å²) in [5.74, 6) is 3.49. The number of ether oxygens (including phenoxy) is 3. The van der Waals surface area contributed by atoms with Crippen molar-refractivity contribution in [1.29, 1.82) is 0 Å². The van der Waals surface area contributed by atoms with Crippen LogP contribution in [0.1, 0.15) is 280 Å². The zero-order valence-electron chi connectivity index (χ0n) is 63.1. The van der Waals surface area contributed by atoms with E-state index in [4.69, 9.17) is 34.8 Å². The molecule has 0 spiro atoms. The van der Waals surface area contributed by atoms with Gasteiger partial charge in [0.25, 0.3) is 0 Å². The van der Waals surface area contributed by atoms with Crippen LogP contribution in [0.25, 0.3) is 10.6 Å². The predicted octanol–water partition coefficient (Wildman–Crippen LogP) is 19.4. The summed E-state index contributed by atoms with van der Waals surface area (Å²) in [6.45, 7) is 54.3. The first kappa shape index (κ1) is 93.5. The second-order valence-corrected chi connectivity index (χ2v) is 26.9. The van der Waals surface area contributed by atoms with E-state index in [0.29, 0.717) is 47.3 Å². The minimum absolute atomic E-state index is 0. The molecule has 514 valence electrons. The van der Waals surface area contributed by atoms with Crippen molar-refractivity contribution < 1.29 is 23.6 Å². The van der Waals surface area contributed by atoms with E-state index in [1.165, 1.54) is 94.2 Å². The molecule has 3 aliphatic rings. The van der Waals surface area contributed by atoms with Crippen LogP contribution in [0.4, 0.5) is 22.7 Å². The Kier molecular flexibility index (Phi) is 51.6. The van der Waals surface area contributed by atoms with Crippen LogP contribution in [0.2, 0.25) is 0 Å². The van der Waals surface area contributed by atoms with Gasteiger partial charge < -0.3 is 34.3 Å². The molecule has 0 amide bonds. The van der Waals surface area contributed by atoms with E-state index in [9.17, 15) is 0 Å². The number of allylic oxidation sites excluding steroid dienone is 4. The monoisotopic (exact) mass is 1450 g/mol. The van der Waals surface area contributed by atoms with Crippen molar-refractivity contribution in [3.8, 4) is 0 Å². The predicted molar refractivity (Wildman–Crippen MR) is 412 cm³/mol. The largest absolute Gasteiger partial charge is 2.00 e. The SMILES string of the molecule is C1CCOC1.C1CCOC1.C1CCOC1.CC(/C=C(/C)[N-]c1c(C(C)C)cccc1C(C)C)=Nc1c(C(C)C)cccc1C(C)C.CC(/C=C(/C)[N-]c1c(C(C)C)cccc1C(C)C)=Nc1c(C(C)C)cccc1C(C)C.Cc1ccccc1.Cc1ccccc1.[F-].[F-].[Sr+2].[Sr+2]. The molecule has 3 aliphatic heterocycles. The first-order valence-corrected chi connectivity index (χ1v) is 34.5.